The lowest BCUT2D eigenvalue weighted by Crippen LogP contribution is -2.41. The Morgan fingerprint density at radius 3 is 2.24 bits per heavy atom. The number of rotatable bonds is 5. The molecule has 114 valence electrons. The largest absolute Gasteiger partial charge is 0.480 e. The van der Waals surface area contributed by atoms with Crippen molar-refractivity contribution in [2.45, 2.75) is 26.8 Å². The van der Waals surface area contributed by atoms with Crippen molar-refractivity contribution in [2.75, 3.05) is 18.5 Å². The standard InChI is InChI=1S/C15H20N2O4/c1-10(2)17(9-14(19)20)15(21)12-7-5-6-8-13(12)16(4)11(3)18/h5-8,10H,9H2,1-4H3,(H,19,20). The number of nitrogens with zero attached hydrogens (tertiary/aromatic N) is 2. The number of para-hydroxylation sites is 1. The van der Waals surface area contributed by atoms with Crippen molar-refractivity contribution in [3.63, 3.8) is 0 Å². The Bertz CT molecular complexity index is 554. The lowest BCUT2D eigenvalue weighted by Gasteiger charge is -2.27. The molecule has 0 bridgehead atoms. The lowest BCUT2D eigenvalue weighted by molar-refractivity contribution is -0.138. The van der Waals surface area contributed by atoms with Crippen molar-refractivity contribution in [3.8, 4) is 0 Å². The summed E-state index contributed by atoms with van der Waals surface area (Å²) in [5.74, 6) is -1.69. The number of carboxylic acid groups (broad SMARTS) is 1. The number of hydrogen-bond donors (Lipinski definition) is 1. The number of carbonyl (C=O) groups excluding carboxylic acids is 2. The molecule has 1 aromatic carbocycles. The van der Waals surface area contributed by atoms with Crippen LogP contribution in [0.3, 0.4) is 0 Å². The van der Waals surface area contributed by atoms with Crippen LogP contribution in [0.15, 0.2) is 24.3 Å². The highest BCUT2D eigenvalue weighted by Gasteiger charge is 2.24. The van der Waals surface area contributed by atoms with Gasteiger partial charge < -0.3 is 14.9 Å². The van der Waals surface area contributed by atoms with E-state index in [2.05, 4.69) is 0 Å². The van der Waals surface area contributed by atoms with Gasteiger partial charge in [0.05, 0.1) is 11.3 Å². The molecule has 1 rings (SSSR count). The van der Waals surface area contributed by atoms with Crippen LogP contribution in [0.4, 0.5) is 5.69 Å². The van der Waals surface area contributed by atoms with Gasteiger partial charge in [-0.05, 0) is 26.0 Å². The van der Waals surface area contributed by atoms with Crippen LogP contribution in [0, 0.1) is 0 Å². The maximum absolute atomic E-state index is 12.6. The molecule has 0 atom stereocenters. The number of carbonyl (C=O) groups is 3. The SMILES string of the molecule is CC(=O)N(C)c1ccccc1C(=O)N(CC(=O)O)C(C)C. The Morgan fingerprint density at radius 1 is 1.19 bits per heavy atom. The normalized spacial score (nSPS) is 10.3. The molecule has 0 heterocycles. The zero-order chi connectivity index (χ0) is 16.2. The van der Waals surface area contributed by atoms with E-state index >= 15 is 0 Å². The monoisotopic (exact) mass is 292 g/mol. The first kappa shape index (κ1) is 16.7. The molecule has 1 N–H and O–H groups in total. The summed E-state index contributed by atoms with van der Waals surface area (Å²) >= 11 is 0. The van der Waals surface area contributed by atoms with Crippen LogP contribution in [-0.4, -0.2) is 47.4 Å². The molecule has 0 radical (unpaired) electrons. The molecule has 2 amide bonds. The number of aliphatic carboxylic acids is 1. The molecule has 0 unspecified atom stereocenters. The third-order valence-corrected chi connectivity index (χ3v) is 3.16. The van der Waals surface area contributed by atoms with Gasteiger partial charge in [-0.25, -0.2) is 0 Å². The average molecular weight is 292 g/mol. The average Bonchev–Trinajstić information content (AvgIpc) is 2.42. The van der Waals surface area contributed by atoms with E-state index in [9.17, 15) is 14.4 Å². The zero-order valence-corrected chi connectivity index (χ0v) is 12.7. The topological polar surface area (TPSA) is 77.9 Å². The summed E-state index contributed by atoms with van der Waals surface area (Å²) in [5.41, 5.74) is 0.774. The second kappa shape index (κ2) is 6.88. The Hall–Kier alpha value is -2.37. The van der Waals surface area contributed by atoms with Gasteiger partial charge in [0.15, 0.2) is 0 Å². The second-order valence-electron chi connectivity index (χ2n) is 5.02. The fourth-order valence-corrected chi connectivity index (χ4v) is 1.91. The van der Waals surface area contributed by atoms with Crippen molar-refractivity contribution in [3.05, 3.63) is 29.8 Å². The number of carboxylic acids is 1. The van der Waals surface area contributed by atoms with E-state index in [4.69, 9.17) is 5.11 Å². The van der Waals surface area contributed by atoms with Gasteiger partial charge in [-0.2, -0.15) is 0 Å². The number of anilines is 1. The molecule has 0 spiro atoms. The van der Waals surface area contributed by atoms with Gasteiger partial charge in [0.1, 0.15) is 6.54 Å². The summed E-state index contributed by atoms with van der Waals surface area (Å²) in [6.07, 6.45) is 0. The third-order valence-electron chi connectivity index (χ3n) is 3.16. The van der Waals surface area contributed by atoms with E-state index in [-0.39, 0.29) is 18.5 Å². The highest BCUT2D eigenvalue weighted by atomic mass is 16.4. The van der Waals surface area contributed by atoms with E-state index in [1.54, 1.807) is 45.2 Å². The van der Waals surface area contributed by atoms with Gasteiger partial charge in [-0.15, -0.1) is 0 Å². The highest BCUT2D eigenvalue weighted by Crippen LogP contribution is 2.22. The van der Waals surface area contributed by atoms with Crippen molar-refractivity contribution < 1.29 is 19.5 Å². The molecule has 1 aromatic rings. The molecule has 0 saturated heterocycles. The van der Waals surface area contributed by atoms with Crippen molar-refractivity contribution in [1.29, 1.82) is 0 Å². The van der Waals surface area contributed by atoms with Crippen LogP contribution < -0.4 is 4.90 Å². The van der Waals surface area contributed by atoms with Gasteiger partial charge in [-0.3, -0.25) is 14.4 Å². The summed E-state index contributed by atoms with van der Waals surface area (Å²) in [4.78, 5) is 37.6. The summed E-state index contributed by atoms with van der Waals surface area (Å²) in [6, 6.07) is 6.40. The van der Waals surface area contributed by atoms with Crippen molar-refractivity contribution in [2.24, 2.45) is 0 Å². The molecular weight excluding hydrogens is 272 g/mol. The van der Waals surface area contributed by atoms with Crippen LogP contribution in [-0.2, 0) is 9.59 Å². The van der Waals surface area contributed by atoms with Gasteiger partial charge in [-0.1, -0.05) is 12.1 Å². The van der Waals surface area contributed by atoms with Crippen LogP contribution in [0.25, 0.3) is 0 Å². The maximum Gasteiger partial charge on any atom is 0.323 e. The van der Waals surface area contributed by atoms with E-state index < -0.39 is 11.9 Å². The predicted octanol–water partition coefficient (Wildman–Crippen LogP) is 1.60. The minimum Gasteiger partial charge on any atom is -0.480 e. The van der Waals surface area contributed by atoms with Gasteiger partial charge in [0.25, 0.3) is 5.91 Å². The molecule has 6 heteroatoms. The summed E-state index contributed by atoms with van der Waals surface area (Å²) in [7, 11) is 1.57. The van der Waals surface area contributed by atoms with Crippen LogP contribution in [0.5, 0.6) is 0 Å². The van der Waals surface area contributed by atoms with Crippen LogP contribution in [0.2, 0.25) is 0 Å². The number of hydrogen-bond acceptors (Lipinski definition) is 3. The van der Waals surface area contributed by atoms with Gasteiger partial charge >= 0.3 is 5.97 Å². The van der Waals surface area contributed by atoms with Crippen molar-refractivity contribution in [1.82, 2.24) is 4.90 Å². The fourth-order valence-electron chi connectivity index (χ4n) is 1.91. The molecule has 0 aliphatic heterocycles. The summed E-state index contributed by atoms with van der Waals surface area (Å²) in [5, 5.41) is 8.94. The Kier molecular flexibility index (Phi) is 5.46. The summed E-state index contributed by atoms with van der Waals surface area (Å²) in [6.45, 7) is 4.52. The number of amides is 2. The quantitative estimate of drug-likeness (QED) is 0.894. The summed E-state index contributed by atoms with van der Waals surface area (Å²) < 4.78 is 0. The molecule has 0 aliphatic rings. The van der Waals surface area contributed by atoms with Crippen molar-refractivity contribution >= 4 is 23.5 Å². The first-order valence-corrected chi connectivity index (χ1v) is 6.61. The van der Waals surface area contributed by atoms with E-state index in [1.165, 1.54) is 16.7 Å². The van der Waals surface area contributed by atoms with E-state index in [0.29, 0.717) is 11.3 Å². The highest BCUT2D eigenvalue weighted by molar-refractivity contribution is 6.04. The molecule has 0 saturated carbocycles. The van der Waals surface area contributed by atoms with Crippen LogP contribution >= 0.6 is 0 Å². The molecule has 0 fully saturated rings. The lowest BCUT2D eigenvalue weighted by atomic mass is 10.1. The smallest absolute Gasteiger partial charge is 0.323 e. The Labute approximate surface area is 124 Å². The fraction of sp³-hybridized carbons (Fsp3) is 0.400. The minimum atomic E-state index is -1.07. The molecule has 21 heavy (non-hydrogen) atoms. The van der Waals surface area contributed by atoms with Crippen LogP contribution in [0.1, 0.15) is 31.1 Å². The second-order valence-corrected chi connectivity index (χ2v) is 5.02. The van der Waals surface area contributed by atoms with Gasteiger partial charge in [0, 0.05) is 20.0 Å². The molecule has 0 aliphatic carbocycles. The maximum atomic E-state index is 12.6. The first-order chi connectivity index (χ1) is 9.75. The molecule has 0 aromatic heterocycles. The molecule has 6 nitrogen and oxygen atoms in total. The van der Waals surface area contributed by atoms with E-state index in [1.807, 2.05) is 0 Å². The number of benzene rings is 1. The third kappa shape index (κ3) is 4.05. The molecular formula is C15H20N2O4. The predicted molar refractivity (Wildman–Crippen MR) is 79.3 cm³/mol. The van der Waals surface area contributed by atoms with Gasteiger partial charge in [0.2, 0.25) is 5.91 Å². The van der Waals surface area contributed by atoms with E-state index in [0.717, 1.165) is 0 Å². The first-order valence-electron chi connectivity index (χ1n) is 6.61. The zero-order valence-electron chi connectivity index (χ0n) is 12.7. The minimum absolute atomic E-state index is 0.204. The Morgan fingerprint density at radius 2 is 1.76 bits per heavy atom. The Balaban J connectivity index is 3.22.